The van der Waals surface area contributed by atoms with Crippen LogP contribution in [0.5, 0.6) is 0 Å². The molecular formula is C21H17BrN2O2. The number of nitrogens with one attached hydrogen (secondary N) is 1. The number of halogens is 1. The van der Waals surface area contributed by atoms with Crippen molar-refractivity contribution < 1.29 is 9.21 Å². The summed E-state index contributed by atoms with van der Waals surface area (Å²) >= 11 is 3.41. The van der Waals surface area contributed by atoms with Crippen LogP contribution in [0.2, 0.25) is 0 Å². The van der Waals surface area contributed by atoms with Gasteiger partial charge in [0.15, 0.2) is 0 Å². The molecule has 0 bridgehead atoms. The van der Waals surface area contributed by atoms with Gasteiger partial charge in [0.1, 0.15) is 11.5 Å². The van der Waals surface area contributed by atoms with Crippen molar-refractivity contribution in [3.63, 3.8) is 0 Å². The summed E-state index contributed by atoms with van der Waals surface area (Å²) in [6.07, 6.45) is 2.40. The van der Waals surface area contributed by atoms with Crippen LogP contribution < -0.4 is 5.43 Å². The first-order chi connectivity index (χ1) is 12.7. The van der Waals surface area contributed by atoms with Crippen LogP contribution in [0.15, 0.2) is 80.7 Å². The Morgan fingerprint density at radius 3 is 2.62 bits per heavy atom. The fraction of sp³-hybridized carbons (Fsp3) is 0.143. The highest BCUT2D eigenvalue weighted by Crippen LogP contribution is 2.47. The molecule has 1 fully saturated rings. The molecule has 0 saturated heterocycles. The summed E-state index contributed by atoms with van der Waals surface area (Å²) in [6, 6.07) is 21.7. The van der Waals surface area contributed by atoms with Gasteiger partial charge in [0.25, 0.3) is 0 Å². The average Bonchev–Trinajstić information content (AvgIpc) is 3.34. The molecule has 3 aromatic rings. The summed E-state index contributed by atoms with van der Waals surface area (Å²) in [6.45, 7) is 0. The fourth-order valence-corrected chi connectivity index (χ4v) is 3.25. The number of hydrogen-bond acceptors (Lipinski definition) is 3. The van der Waals surface area contributed by atoms with Gasteiger partial charge in [-0.1, -0.05) is 58.4 Å². The average molecular weight is 409 g/mol. The number of carbonyl (C=O) groups is 1. The molecule has 1 amide bonds. The number of furan rings is 1. The molecule has 0 radical (unpaired) electrons. The number of rotatable bonds is 5. The Hall–Kier alpha value is -2.66. The third-order valence-corrected chi connectivity index (χ3v) is 5.01. The van der Waals surface area contributed by atoms with Crippen molar-refractivity contribution in [2.45, 2.75) is 12.3 Å². The monoisotopic (exact) mass is 408 g/mol. The van der Waals surface area contributed by atoms with Crippen LogP contribution in [0.25, 0.3) is 11.3 Å². The lowest BCUT2D eigenvalue weighted by Gasteiger charge is -1.99. The molecule has 1 aliphatic carbocycles. The summed E-state index contributed by atoms with van der Waals surface area (Å²) in [7, 11) is 0. The van der Waals surface area contributed by atoms with E-state index in [-0.39, 0.29) is 11.8 Å². The molecule has 26 heavy (non-hydrogen) atoms. The lowest BCUT2D eigenvalue weighted by Crippen LogP contribution is -2.20. The molecule has 2 atom stereocenters. The van der Waals surface area contributed by atoms with E-state index in [1.54, 1.807) is 0 Å². The van der Waals surface area contributed by atoms with E-state index in [1.807, 2.05) is 54.6 Å². The molecule has 2 aromatic carbocycles. The van der Waals surface area contributed by atoms with Gasteiger partial charge < -0.3 is 4.42 Å². The number of nitrogens with zero attached hydrogens (tertiary/aromatic N) is 1. The van der Waals surface area contributed by atoms with Gasteiger partial charge in [0, 0.05) is 16.0 Å². The van der Waals surface area contributed by atoms with E-state index < -0.39 is 0 Å². The highest BCUT2D eigenvalue weighted by atomic mass is 79.9. The van der Waals surface area contributed by atoms with Crippen molar-refractivity contribution in [1.82, 2.24) is 5.43 Å². The zero-order chi connectivity index (χ0) is 17.9. The van der Waals surface area contributed by atoms with Gasteiger partial charge in [0.2, 0.25) is 5.91 Å². The van der Waals surface area contributed by atoms with Crippen molar-refractivity contribution in [2.75, 3.05) is 0 Å². The van der Waals surface area contributed by atoms with Crippen molar-refractivity contribution in [3.8, 4) is 11.3 Å². The number of amides is 1. The topological polar surface area (TPSA) is 54.6 Å². The highest BCUT2D eigenvalue weighted by molar-refractivity contribution is 9.10. The number of hydrogen-bond donors (Lipinski definition) is 1. The van der Waals surface area contributed by atoms with Crippen LogP contribution in [0.4, 0.5) is 0 Å². The van der Waals surface area contributed by atoms with Crippen LogP contribution in [0, 0.1) is 5.92 Å². The normalized spacial score (nSPS) is 18.8. The third kappa shape index (κ3) is 3.78. The third-order valence-electron chi connectivity index (χ3n) is 4.48. The molecule has 4 nitrogen and oxygen atoms in total. The zero-order valence-electron chi connectivity index (χ0n) is 13.9. The largest absolute Gasteiger partial charge is 0.455 e. The summed E-state index contributed by atoms with van der Waals surface area (Å²) in [4.78, 5) is 12.2. The van der Waals surface area contributed by atoms with Crippen LogP contribution in [-0.2, 0) is 4.79 Å². The maximum absolute atomic E-state index is 12.2. The molecule has 0 aliphatic heterocycles. The Bertz CT molecular complexity index is 932. The Morgan fingerprint density at radius 1 is 1.08 bits per heavy atom. The van der Waals surface area contributed by atoms with Gasteiger partial charge in [-0.05, 0) is 42.2 Å². The molecule has 1 aliphatic rings. The Balaban J connectivity index is 1.33. The lowest BCUT2D eigenvalue weighted by molar-refractivity contribution is -0.122. The lowest BCUT2D eigenvalue weighted by atomic mass is 10.1. The fourth-order valence-electron chi connectivity index (χ4n) is 2.99. The summed E-state index contributed by atoms with van der Waals surface area (Å²) < 4.78 is 6.76. The Morgan fingerprint density at radius 2 is 1.85 bits per heavy atom. The molecule has 0 unspecified atom stereocenters. The van der Waals surface area contributed by atoms with E-state index in [0.29, 0.717) is 11.7 Å². The van der Waals surface area contributed by atoms with Crippen molar-refractivity contribution in [3.05, 3.63) is 82.5 Å². The number of hydrazone groups is 1. The molecule has 1 N–H and O–H groups in total. The van der Waals surface area contributed by atoms with Crippen molar-refractivity contribution in [2.24, 2.45) is 11.0 Å². The Labute approximate surface area is 160 Å². The second-order valence-corrected chi connectivity index (χ2v) is 7.22. The standard InChI is InChI=1S/C21H17BrN2O2/c22-16-8-6-15(7-9-16)20-11-10-17(26-20)13-23-24-21(25)19-12-18(19)14-4-2-1-3-5-14/h1-11,13,18-19H,12H2,(H,24,25)/t18-,19+/m1/s1. The van der Waals surface area contributed by atoms with E-state index >= 15 is 0 Å². The van der Waals surface area contributed by atoms with Crippen molar-refractivity contribution in [1.29, 1.82) is 0 Å². The second kappa shape index (κ2) is 7.30. The number of carbonyl (C=O) groups excluding carboxylic acids is 1. The van der Waals surface area contributed by atoms with Crippen LogP contribution in [0.3, 0.4) is 0 Å². The van der Waals surface area contributed by atoms with E-state index in [0.717, 1.165) is 22.2 Å². The van der Waals surface area contributed by atoms with Gasteiger partial charge in [-0.3, -0.25) is 4.79 Å². The van der Waals surface area contributed by atoms with E-state index in [4.69, 9.17) is 4.42 Å². The summed E-state index contributed by atoms with van der Waals surface area (Å²) in [5.74, 6) is 1.62. The van der Waals surface area contributed by atoms with Gasteiger partial charge >= 0.3 is 0 Å². The van der Waals surface area contributed by atoms with Crippen LogP contribution in [0.1, 0.15) is 23.7 Å². The van der Waals surface area contributed by atoms with Crippen molar-refractivity contribution >= 4 is 28.1 Å². The molecule has 1 heterocycles. The summed E-state index contributed by atoms with van der Waals surface area (Å²) in [5.41, 5.74) is 4.81. The van der Waals surface area contributed by atoms with Gasteiger partial charge in [-0.15, -0.1) is 0 Å². The predicted octanol–water partition coefficient (Wildman–Crippen LogP) is 4.96. The van der Waals surface area contributed by atoms with E-state index in [2.05, 4.69) is 38.6 Å². The molecule has 1 aromatic heterocycles. The van der Waals surface area contributed by atoms with Crippen LogP contribution >= 0.6 is 15.9 Å². The van der Waals surface area contributed by atoms with Gasteiger partial charge in [-0.25, -0.2) is 5.43 Å². The molecule has 4 rings (SSSR count). The smallest absolute Gasteiger partial charge is 0.243 e. The first-order valence-electron chi connectivity index (χ1n) is 8.44. The van der Waals surface area contributed by atoms with E-state index in [1.165, 1.54) is 11.8 Å². The van der Waals surface area contributed by atoms with Crippen LogP contribution in [-0.4, -0.2) is 12.1 Å². The molecule has 0 spiro atoms. The molecule has 130 valence electrons. The zero-order valence-corrected chi connectivity index (χ0v) is 15.5. The molecule has 1 saturated carbocycles. The van der Waals surface area contributed by atoms with Gasteiger partial charge in [0.05, 0.1) is 6.21 Å². The minimum atomic E-state index is -0.0465. The number of benzene rings is 2. The predicted molar refractivity (Wildman–Crippen MR) is 105 cm³/mol. The minimum Gasteiger partial charge on any atom is -0.455 e. The SMILES string of the molecule is O=C(NN=Cc1ccc(-c2ccc(Br)cc2)o1)[C@H]1C[C@@H]1c1ccccc1. The minimum absolute atomic E-state index is 0.00415. The quantitative estimate of drug-likeness (QED) is 0.478. The highest BCUT2D eigenvalue weighted by Gasteiger charge is 2.43. The first kappa shape index (κ1) is 16.8. The maximum atomic E-state index is 12.2. The first-order valence-corrected chi connectivity index (χ1v) is 9.23. The maximum Gasteiger partial charge on any atom is 0.243 e. The molecule has 5 heteroatoms. The Kier molecular flexibility index (Phi) is 4.71. The second-order valence-electron chi connectivity index (χ2n) is 6.30. The summed E-state index contributed by atoms with van der Waals surface area (Å²) in [5, 5.41) is 4.03. The molecular weight excluding hydrogens is 392 g/mol. The van der Waals surface area contributed by atoms with Gasteiger partial charge in [-0.2, -0.15) is 5.10 Å². The van der Waals surface area contributed by atoms with E-state index in [9.17, 15) is 4.79 Å².